The highest BCUT2D eigenvalue weighted by atomic mass is 28.4. The molecule has 5 heteroatoms. The Kier molecular flexibility index (Phi) is 7.19. The van der Waals surface area contributed by atoms with Crippen molar-refractivity contribution in [1.29, 1.82) is 0 Å². The van der Waals surface area contributed by atoms with Crippen molar-refractivity contribution >= 4 is 19.8 Å². The largest absolute Gasteiger partial charge is 0.540 e. The van der Waals surface area contributed by atoms with Crippen LogP contribution in [0.15, 0.2) is 42.6 Å². The Balaban J connectivity index is 1.70. The minimum Gasteiger partial charge on any atom is -0.540 e. The third-order valence-corrected chi connectivity index (χ3v) is 14.1. The first-order valence-corrected chi connectivity index (χ1v) is 15.2. The Labute approximate surface area is 212 Å². The van der Waals surface area contributed by atoms with Gasteiger partial charge in [-0.1, -0.05) is 71.4 Å². The molecule has 2 aromatic rings. The first kappa shape index (κ1) is 25.6. The minimum atomic E-state index is -2.15. The second-order valence-electron chi connectivity index (χ2n) is 11.2. The number of hydrogen-bond donors (Lipinski definition) is 0. The second-order valence-corrected chi connectivity index (χ2v) is 16.6. The summed E-state index contributed by atoms with van der Waals surface area (Å²) in [6, 6.07) is 12.8. The van der Waals surface area contributed by atoms with E-state index in [1.807, 2.05) is 11.0 Å². The molecule has 2 aliphatic heterocycles. The summed E-state index contributed by atoms with van der Waals surface area (Å²) in [6.45, 7) is 15.8. The van der Waals surface area contributed by atoms with Crippen LogP contribution in [-0.2, 0) is 6.42 Å². The van der Waals surface area contributed by atoms with E-state index < -0.39 is 8.32 Å². The van der Waals surface area contributed by atoms with Crippen LogP contribution in [0, 0.1) is 6.92 Å². The van der Waals surface area contributed by atoms with Crippen molar-refractivity contribution in [2.45, 2.75) is 90.4 Å². The average Bonchev–Trinajstić information content (AvgIpc) is 3.19. The van der Waals surface area contributed by atoms with E-state index in [-0.39, 0.29) is 11.9 Å². The highest BCUT2D eigenvalue weighted by Gasteiger charge is 2.47. The number of methoxy groups -OCH3 is 1. The van der Waals surface area contributed by atoms with Crippen LogP contribution in [0.2, 0.25) is 16.6 Å². The third kappa shape index (κ3) is 4.55. The number of benzene rings is 2. The van der Waals surface area contributed by atoms with Crippen LogP contribution in [0.3, 0.4) is 0 Å². The van der Waals surface area contributed by atoms with Gasteiger partial charge in [-0.3, -0.25) is 4.79 Å². The summed E-state index contributed by atoms with van der Waals surface area (Å²) in [5, 5.41) is 0. The number of rotatable bonds is 7. The molecule has 0 N–H and O–H groups in total. The lowest BCUT2D eigenvalue weighted by molar-refractivity contribution is 0.0788. The van der Waals surface area contributed by atoms with Gasteiger partial charge in [0.15, 0.2) is 5.75 Å². The summed E-state index contributed by atoms with van der Waals surface area (Å²) in [7, 11) is -0.475. The molecule has 0 fully saturated rings. The van der Waals surface area contributed by atoms with E-state index in [9.17, 15) is 4.79 Å². The van der Waals surface area contributed by atoms with E-state index in [2.05, 4.69) is 85.0 Å². The third-order valence-electron chi connectivity index (χ3n) is 8.16. The predicted molar refractivity (Wildman–Crippen MR) is 147 cm³/mol. The van der Waals surface area contributed by atoms with Crippen LogP contribution >= 0.6 is 0 Å². The summed E-state index contributed by atoms with van der Waals surface area (Å²) < 4.78 is 12.8. The lowest BCUT2D eigenvalue weighted by Crippen LogP contribution is -2.50. The van der Waals surface area contributed by atoms with Crippen LogP contribution in [0.1, 0.15) is 81.4 Å². The molecule has 0 saturated carbocycles. The molecule has 1 atom stereocenters. The second kappa shape index (κ2) is 9.85. The van der Waals surface area contributed by atoms with Crippen molar-refractivity contribution in [3.05, 3.63) is 64.9 Å². The van der Waals surface area contributed by atoms with E-state index in [0.717, 1.165) is 36.1 Å². The highest BCUT2D eigenvalue weighted by molar-refractivity contribution is 6.78. The number of fused-ring (bicyclic) bond motifs is 2. The van der Waals surface area contributed by atoms with Gasteiger partial charge in [-0.15, -0.1) is 0 Å². The molecule has 2 aromatic carbocycles. The molecule has 1 amide bonds. The average molecular weight is 492 g/mol. The van der Waals surface area contributed by atoms with Gasteiger partial charge in [0.05, 0.1) is 7.11 Å². The van der Waals surface area contributed by atoms with E-state index in [1.54, 1.807) is 7.11 Å². The molecular formula is C30H41NO3Si. The number of nitrogens with zero attached hydrogens (tertiary/aromatic N) is 1. The molecule has 35 heavy (non-hydrogen) atoms. The predicted octanol–water partition coefficient (Wildman–Crippen LogP) is 7.76. The molecule has 0 aliphatic carbocycles. The Morgan fingerprint density at radius 3 is 2.14 bits per heavy atom. The van der Waals surface area contributed by atoms with Crippen LogP contribution < -0.4 is 9.16 Å². The first-order chi connectivity index (χ1) is 16.6. The van der Waals surface area contributed by atoms with Crippen molar-refractivity contribution in [2.24, 2.45) is 0 Å². The molecule has 0 saturated heterocycles. The molecule has 4 rings (SSSR count). The molecule has 0 spiro atoms. The molecule has 0 bridgehead atoms. The van der Waals surface area contributed by atoms with E-state index in [4.69, 9.17) is 9.16 Å². The highest BCUT2D eigenvalue weighted by Crippen LogP contribution is 2.46. The Morgan fingerprint density at radius 1 is 0.943 bits per heavy atom. The summed E-state index contributed by atoms with van der Waals surface area (Å²) in [5.41, 5.74) is 6.89. The fourth-order valence-corrected chi connectivity index (χ4v) is 11.6. The van der Waals surface area contributed by atoms with Crippen molar-refractivity contribution in [3.63, 3.8) is 0 Å². The van der Waals surface area contributed by atoms with Crippen molar-refractivity contribution in [2.75, 3.05) is 7.11 Å². The summed E-state index contributed by atoms with van der Waals surface area (Å²) >= 11 is 0. The monoisotopic (exact) mass is 491 g/mol. The molecular weight excluding hydrogens is 450 g/mol. The molecule has 2 aliphatic rings. The Bertz CT molecular complexity index is 1100. The summed E-state index contributed by atoms with van der Waals surface area (Å²) in [4.78, 5) is 15.7. The van der Waals surface area contributed by atoms with Gasteiger partial charge >= 0.3 is 0 Å². The van der Waals surface area contributed by atoms with E-state index >= 15 is 0 Å². The van der Waals surface area contributed by atoms with Gasteiger partial charge in [-0.25, -0.2) is 0 Å². The molecule has 0 radical (unpaired) electrons. The maximum atomic E-state index is 13.7. The number of aryl methyl sites for hydroxylation is 2. The van der Waals surface area contributed by atoms with E-state index in [1.165, 1.54) is 16.7 Å². The fourth-order valence-electron chi connectivity index (χ4n) is 6.36. The molecule has 4 nitrogen and oxygen atoms in total. The zero-order valence-corrected chi connectivity index (χ0v) is 23.6. The van der Waals surface area contributed by atoms with Gasteiger partial charge in [-0.2, -0.15) is 0 Å². The zero-order chi connectivity index (χ0) is 25.5. The molecule has 0 unspecified atom stereocenters. The standard InChI is InChI=1S/C30H41NO3Si/c1-19(2)35(20(3)4,21(5)6)34-29-16-24-13-14-26-15-25(23-11-9-22(7)10-12-23)18-31(26)30(32)27(24)17-28(29)33-8/h9-12,16-21,26H,13-15H2,1-8H3/t26-/m1/s1. The molecule has 0 aromatic heterocycles. The lowest BCUT2D eigenvalue weighted by Gasteiger charge is -2.42. The SMILES string of the molecule is COc1cc2c(cc1O[Si](C(C)C)(C(C)C)C(C)C)CC[C@@H]1CC(c3ccc(C)cc3)=CN1C2=O. The fraction of sp³-hybridized carbons (Fsp3) is 0.500. The van der Waals surface area contributed by atoms with E-state index in [0.29, 0.717) is 22.4 Å². The maximum Gasteiger partial charge on any atom is 0.258 e. The topological polar surface area (TPSA) is 38.8 Å². The number of hydrogen-bond acceptors (Lipinski definition) is 3. The number of amides is 1. The van der Waals surface area contributed by atoms with Gasteiger partial charge < -0.3 is 14.1 Å². The normalized spacial score (nSPS) is 18.0. The Hall–Kier alpha value is -2.53. The van der Waals surface area contributed by atoms with Gasteiger partial charge in [0.25, 0.3) is 14.2 Å². The van der Waals surface area contributed by atoms with Crippen LogP contribution in [0.25, 0.3) is 5.57 Å². The quantitative estimate of drug-likeness (QED) is 0.372. The van der Waals surface area contributed by atoms with Crippen molar-refractivity contribution in [3.8, 4) is 11.5 Å². The van der Waals surface area contributed by atoms with Crippen molar-refractivity contribution < 1.29 is 14.0 Å². The minimum absolute atomic E-state index is 0.0644. The van der Waals surface area contributed by atoms with Crippen LogP contribution in [0.5, 0.6) is 11.5 Å². The summed E-state index contributed by atoms with van der Waals surface area (Å²) in [6.07, 6.45) is 4.76. The Morgan fingerprint density at radius 2 is 1.57 bits per heavy atom. The van der Waals surface area contributed by atoms with Gasteiger partial charge in [0, 0.05) is 17.8 Å². The van der Waals surface area contributed by atoms with Gasteiger partial charge in [0.2, 0.25) is 0 Å². The zero-order valence-electron chi connectivity index (χ0n) is 22.6. The van der Waals surface area contributed by atoms with Gasteiger partial charge in [0.1, 0.15) is 5.75 Å². The smallest absolute Gasteiger partial charge is 0.258 e. The first-order valence-electron chi connectivity index (χ1n) is 13.1. The van der Waals surface area contributed by atoms with Gasteiger partial charge in [-0.05, 0) is 71.6 Å². The maximum absolute atomic E-state index is 13.7. The number of carbonyl (C=O) groups is 1. The summed E-state index contributed by atoms with van der Waals surface area (Å²) in [5.74, 6) is 1.53. The number of ether oxygens (including phenoxy) is 1. The molecule has 188 valence electrons. The lowest BCUT2D eigenvalue weighted by atomic mass is 9.97. The van der Waals surface area contributed by atoms with Crippen molar-refractivity contribution in [1.82, 2.24) is 4.90 Å². The molecule has 2 heterocycles. The van der Waals surface area contributed by atoms with Crippen LogP contribution in [-0.4, -0.2) is 32.3 Å². The number of carbonyl (C=O) groups excluding carboxylic acids is 1. The van der Waals surface area contributed by atoms with Crippen LogP contribution in [0.4, 0.5) is 0 Å².